The van der Waals surface area contributed by atoms with Gasteiger partial charge in [-0.2, -0.15) is 0 Å². The van der Waals surface area contributed by atoms with E-state index in [0.717, 1.165) is 9.26 Å². The first-order chi connectivity index (χ1) is 10.9. The number of aryl methyl sites for hydroxylation is 1. The summed E-state index contributed by atoms with van der Waals surface area (Å²) in [6.45, 7) is 3.49. The van der Waals surface area contributed by atoms with Gasteiger partial charge in [0.25, 0.3) is 0 Å². The second-order valence-corrected chi connectivity index (χ2v) is 7.40. The number of aromatic nitrogens is 1. The summed E-state index contributed by atoms with van der Waals surface area (Å²) in [6, 6.07) is 9.17. The van der Waals surface area contributed by atoms with Gasteiger partial charge in [-0.15, -0.1) is 11.8 Å². The van der Waals surface area contributed by atoms with Crippen LogP contribution in [0.3, 0.4) is 0 Å². The predicted octanol–water partition coefficient (Wildman–Crippen LogP) is 3.29. The Bertz CT molecular complexity index is 705. The highest BCUT2D eigenvalue weighted by molar-refractivity contribution is 14.1. The molecule has 1 heterocycles. The van der Waals surface area contributed by atoms with E-state index in [1.165, 1.54) is 11.8 Å². The van der Waals surface area contributed by atoms with Crippen LogP contribution in [0.2, 0.25) is 0 Å². The van der Waals surface area contributed by atoms with Crippen molar-refractivity contribution in [2.75, 3.05) is 16.4 Å². The molecule has 1 atom stereocenters. The van der Waals surface area contributed by atoms with Crippen molar-refractivity contribution in [2.24, 2.45) is 0 Å². The lowest BCUT2D eigenvalue weighted by atomic mass is 10.3. The Balaban J connectivity index is 1.77. The summed E-state index contributed by atoms with van der Waals surface area (Å²) in [7, 11) is 0. The van der Waals surface area contributed by atoms with Crippen molar-refractivity contribution in [1.29, 1.82) is 0 Å². The van der Waals surface area contributed by atoms with E-state index in [-0.39, 0.29) is 22.8 Å². The number of rotatable bonds is 6. The first kappa shape index (κ1) is 17.8. The van der Waals surface area contributed by atoms with Gasteiger partial charge in [-0.05, 0) is 54.6 Å². The van der Waals surface area contributed by atoms with Gasteiger partial charge in [0.2, 0.25) is 11.8 Å². The highest BCUT2D eigenvalue weighted by Crippen LogP contribution is 2.16. The fourth-order valence-electron chi connectivity index (χ4n) is 1.69. The smallest absolute Gasteiger partial charge is 0.238 e. The van der Waals surface area contributed by atoms with E-state index < -0.39 is 0 Å². The second-order valence-electron chi connectivity index (χ2n) is 4.82. The molecule has 0 saturated carbocycles. The van der Waals surface area contributed by atoms with E-state index in [2.05, 4.69) is 38.4 Å². The quantitative estimate of drug-likeness (QED) is 0.667. The molecule has 8 heteroatoms. The highest BCUT2D eigenvalue weighted by Gasteiger charge is 2.16. The number of anilines is 2. The SMILES string of the molecule is Cc1cc(NC(=O)C(C)SCC(=O)Nc2cccc(I)c2)no1. The molecule has 23 heavy (non-hydrogen) atoms. The lowest BCUT2D eigenvalue weighted by Gasteiger charge is -2.10. The Morgan fingerprint density at radius 3 is 2.78 bits per heavy atom. The minimum absolute atomic E-state index is 0.145. The third-order valence-corrected chi connectivity index (χ3v) is 4.64. The molecule has 0 bridgehead atoms. The Kier molecular flexibility index (Phi) is 6.46. The van der Waals surface area contributed by atoms with Crippen molar-refractivity contribution in [3.63, 3.8) is 0 Å². The van der Waals surface area contributed by atoms with Crippen molar-refractivity contribution < 1.29 is 14.1 Å². The Morgan fingerprint density at radius 2 is 2.13 bits per heavy atom. The van der Waals surface area contributed by atoms with Gasteiger partial charge < -0.3 is 15.2 Å². The molecule has 2 amide bonds. The number of hydrogen-bond acceptors (Lipinski definition) is 5. The number of nitrogens with one attached hydrogen (secondary N) is 2. The molecule has 0 saturated heterocycles. The summed E-state index contributed by atoms with van der Waals surface area (Å²) in [5.41, 5.74) is 0.748. The Morgan fingerprint density at radius 1 is 1.35 bits per heavy atom. The van der Waals surface area contributed by atoms with Crippen molar-refractivity contribution >= 4 is 57.7 Å². The van der Waals surface area contributed by atoms with Crippen molar-refractivity contribution in [1.82, 2.24) is 5.16 Å². The molecule has 2 N–H and O–H groups in total. The number of hydrogen-bond donors (Lipinski definition) is 2. The average Bonchev–Trinajstić information content (AvgIpc) is 2.90. The van der Waals surface area contributed by atoms with E-state index in [1.54, 1.807) is 19.9 Å². The molecule has 2 aromatic rings. The molecule has 0 aliphatic rings. The summed E-state index contributed by atoms with van der Waals surface area (Å²) in [4.78, 5) is 23.9. The van der Waals surface area contributed by atoms with Gasteiger partial charge in [0.05, 0.1) is 11.0 Å². The minimum atomic E-state index is -0.381. The van der Waals surface area contributed by atoms with Crippen LogP contribution in [-0.4, -0.2) is 28.0 Å². The summed E-state index contributed by atoms with van der Waals surface area (Å²) in [6.07, 6.45) is 0. The maximum Gasteiger partial charge on any atom is 0.238 e. The number of carbonyl (C=O) groups is 2. The fraction of sp³-hybridized carbons (Fsp3) is 0.267. The number of carbonyl (C=O) groups excluding carboxylic acids is 2. The van der Waals surface area contributed by atoms with Crippen LogP contribution in [0.15, 0.2) is 34.9 Å². The Labute approximate surface area is 151 Å². The lowest BCUT2D eigenvalue weighted by molar-refractivity contribution is -0.115. The van der Waals surface area contributed by atoms with E-state index in [4.69, 9.17) is 4.52 Å². The number of halogens is 1. The molecule has 2 rings (SSSR count). The molecule has 0 radical (unpaired) electrons. The van der Waals surface area contributed by atoms with E-state index in [1.807, 2.05) is 24.3 Å². The van der Waals surface area contributed by atoms with Gasteiger partial charge in [0.1, 0.15) is 5.76 Å². The predicted molar refractivity (Wildman–Crippen MR) is 99.6 cm³/mol. The van der Waals surface area contributed by atoms with Gasteiger partial charge in [-0.3, -0.25) is 9.59 Å². The van der Waals surface area contributed by atoms with Crippen LogP contribution in [-0.2, 0) is 9.59 Å². The standard InChI is InChI=1S/C15H16IN3O3S/c1-9-6-13(19-22-9)18-15(21)10(2)23-8-14(20)17-12-5-3-4-11(16)7-12/h3-7,10H,8H2,1-2H3,(H,17,20)(H,18,19,21). The van der Waals surface area contributed by atoms with E-state index in [9.17, 15) is 9.59 Å². The summed E-state index contributed by atoms with van der Waals surface area (Å²) in [5, 5.41) is 8.77. The van der Waals surface area contributed by atoms with Crippen LogP contribution in [0.25, 0.3) is 0 Å². The van der Waals surface area contributed by atoms with Crippen molar-refractivity contribution in [3.8, 4) is 0 Å². The maximum absolute atomic E-state index is 12.0. The largest absolute Gasteiger partial charge is 0.360 e. The topological polar surface area (TPSA) is 84.2 Å². The zero-order chi connectivity index (χ0) is 16.8. The maximum atomic E-state index is 12.0. The molecular weight excluding hydrogens is 429 g/mol. The lowest BCUT2D eigenvalue weighted by Crippen LogP contribution is -2.25. The average molecular weight is 445 g/mol. The summed E-state index contributed by atoms with van der Waals surface area (Å²) in [5.74, 6) is 0.831. The van der Waals surface area contributed by atoms with Gasteiger partial charge >= 0.3 is 0 Å². The number of nitrogens with zero attached hydrogens (tertiary/aromatic N) is 1. The Hall–Kier alpha value is -1.55. The van der Waals surface area contributed by atoms with Crippen molar-refractivity contribution in [2.45, 2.75) is 19.1 Å². The molecular formula is C15H16IN3O3S. The van der Waals surface area contributed by atoms with Crippen LogP contribution in [0.4, 0.5) is 11.5 Å². The molecule has 1 aromatic carbocycles. The van der Waals surface area contributed by atoms with Crippen LogP contribution in [0.1, 0.15) is 12.7 Å². The van der Waals surface area contributed by atoms with Gasteiger partial charge in [-0.25, -0.2) is 0 Å². The first-order valence-corrected chi connectivity index (χ1v) is 8.98. The van der Waals surface area contributed by atoms with E-state index >= 15 is 0 Å². The highest BCUT2D eigenvalue weighted by atomic mass is 127. The molecule has 1 aromatic heterocycles. The molecule has 0 fully saturated rings. The van der Waals surface area contributed by atoms with Crippen LogP contribution in [0.5, 0.6) is 0 Å². The second kappa shape index (κ2) is 8.34. The number of benzene rings is 1. The minimum Gasteiger partial charge on any atom is -0.360 e. The third kappa shape index (κ3) is 5.87. The first-order valence-electron chi connectivity index (χ1n) is 6.85. The monoisotopic (exact) mass is 445 g/mol. The fourth-order valence-corrected chi connectivity index (χ4v) is 2.92. The normalized spacial score (nSPS) is 11.8. The molecule has 6 nitrogen and oxygen atoms in total. The summed E-state index contributed by atoms with van der Waals surface area (Å²) >= 11 is 3.44. The zero-order valence-corrected chi connectivity index (χ0v) is 15.6. The number of thioether (sulfide) groups is 1. The van der Waals surface area contributed by atoms with Gasteiger partial charge in [0, 0.05) is 15.3 Å². The number of amides is 2. The molecule has 0 spiro atoms. The van der Waals surface area contributed by atoms with Gasteiger partial charge in [-0.1, -0.05) is 11.2 Å². The molecule has 1 unspecified atom stereocenters. The summed E-state index contributed by atoms with van der Waals surface area (Å²) < 4.78 is 5.93. The van der Waals surface area contributed by atoms with Crippen LogP contribution in [0, 0.1) is 10.5 Å². The van der Waals surface area contributed by atoms with Crippen LogP contribution < -0.4 is 10.6 Å². The third-order valence-electron chi connectivity index (χ3n) is 2.82. The zero-order valence-electron chi connectivity index (χ0n) is 12.6. The molecule has 0 aliphatic heterocycles. The van der Waals surface area contributed by atoms with Gasteiger partial charge in [0.15, 0.2) is 5.82 Å². The van der Waals surface area contributed by atoms with E-state index in [0.29, 0.717) is 11.6 Å². The molecule has 122 valence electrons. The van der Waals surface area contributed by atoms with Crippen LogP contribution >= 0.6 is 34.4 Å². The molecule has 0 aliphatic carbocycles. The van der Waals surface area contributed by atoms with Crippen molar-refractivity contribution in [3.05, 3.63) is 39.7 Å².